The molecule has 0 spiro atoms. The van der Waals surface area contributed by atoms with Crippen LogP contribution in [-0.4, -0.2) is 34.5 Å². The zero-order valence-electron chi connectivity index (χ0n) is 15.7. The van der Waals surface area contributed by atoms with Crippen molar-refractivity contribution < 1.29 is 0 Å². The van der Waals surface area contributed by atoms with Crippen molar-refractivity contribution in [3.8, 4) is 0 Å². The van der Waals surface area contributed by atoms with E-state index >= 15 is 0 Å². The molecule has 136 valence electrons. The summed E-state index contributed by atoms with van der Waals surface area (Å²) < 4.78 is 0. The maximum atomic E-state index is 4.70. The number of nitrogens with one attached hydrogen (secondary N) is 1. The molecule has 0 saturated carbocycles. The summed E-state index contributed by atoms with van der Waals surface area (Å²) in [6, 6.07) is 19.3. The molecule has 26 heavy (non-hydrogen) atoms. The van der Waals surface area contributed by atoms with Crippen LogP contribution in [0.5, 0.6) is 0 Å². The molecule has 3 aromatic rings. The Labute approximate surface area is 156 Å². The SMILES string of the molecule is C[C@@H]1CN(CCCc2nc3ccccc3[nH]2)CC[C@H]1Cc1ccccc1. The first kappa shape index (κ1) is 17.3. The molecule has 0 bridgehead atoms. The lowest BCUT2D eigenvalue weighted by Gasteiger charge is -2.37. The average molecular weight is 348 g/mol. The number of aryl methyl sites for hydroxylation is 1. The van der Waals surface area contributed by atoms with Crippen LogP contribution in [0.25, 0.3) is 11.0 Å². The lowest BCUT2D eigenvalue weighted by atomic mass is 9.82. The summed E-state index contributed by atoms with van der Waals surface area (Å²) >= 11 is 0. The van der Waals surface area contributed by atoms with E-state index in [2.05, 4.69) is 65.3 Å². The number of nitrogens with zero attached hydrogens (tertiary/aromatic N) is 2. The van der Waals surface area contributed by atoms with E-state index in [4.69, 9.17) is 4.98 Å². The third-order valence-electron chi connectivity index (χ3n) is 5.83. The van der Waals surface area contributed by atoms with Gasteiger partial charge in [0.1, 0.15) is 5.82 Å². The van der Waals surface area contributed by atoms with E-state index in [0.717, 1.165) is 35.1 Å². The fraction of sp³-hybridized carbons (Fsp3) is 0.435. The van der Waals surface area contributed by atoms with Crippen LogP contribution in [0.2, 0.25) is 0 Å². The zero-order chi connectivity index (χ0) is 17.8. The number of imidazole rings is 1. The summed E-state index contributed by atoms with van der Waals surface area (Å²) in [7, 11) is 0. The smallest absolute Gasteiger partial charge is 0.107 e. The lowest BCUT2D eigenvalue weighted by molar-refractivity contribution is 0.128. The molecule has 4 rings (SSSR count). The Bertz CT molecular complexity index is 791. The van der Waals surface area contributed by atoms with Crippen LogP contribution < -0.4 is 0 Å². The minimum atomic E-state index is 0.773. The van der Waals surface area contributed by atoms with Crippen LogP contribution in [-0.2, 0) is 12.8 Å². The third kappa shape index (κ3) is 4.16. The molecule has 2 heterocycles. The standard InChI is InChI=1S/C23H29N3/c1-18-17-26(15-13-20(18)16-19-8-3-2-4-9-19)14-7-12-23-24-21-10-5-6-11-22(21)25-23/h2-6,8-11,18,20H,7,12-17H2,1H3,(H,24,25)/t18-,20+/m1/s1. The molecule has 1 N–H and O–H groups in total. The van der Waals surface area contributed by atoms with Gasteiger partial charge < -0.3 is 9.88 Å². The molecule has 1 fully saturated rings. The van der Waals surface area contributed by atoms with E-state index in [1.807, 2.05) is 6.07 Å². The molecule has 1 aromatic heterocycles. The number of likely N-dealkylation sites (tertiary alicyclic amines) is 1. The first-order valence-electron chi connectivity index (χ1n) is 9.98. The molecule has 1 aliphatic rings. The predicted octanol–water partition coefficient (Wildman–Crippen LogP) is 4.70. The Hall–Kier alpha value is -2.13. The summed E-state index contributed by atoms with van der Waals surface area (Å²) in [5.41, 5.74) is 3.72. The van der Waals surface area contributed by atoms with Gasteiger partial charge in [-0.2, -0.15) is 0 Å². The number of para-hydroxylation sites is 2. The molecule has 0 aliphatic carbocycles. The third-order valence-corrected chi connectivity index (χ3v) is 5.83. The van der Waals surface area contributed by atoms with Gasteiger partial charge in [0.05, 0.1) is 11.0 Å². The van der Waals surface area contributed by atoms with Gasteiger partial charge in [0.2, 0.25) is 0 Å². The van der Waals surface area contributed by atoms with Gasteiger partial charge >= 0.3 is 0 Å². The summed E-state index contributed by atoms with van der Waals surface area (Å²) in [5, 5.41) is 0. The summed E-state index contributed by atoms with van der Waals surface area (Å²) in [4.78, 5) is 10.8. The van der Waals surface area contributed by atoms with Crippen molar-refractivity contribution in [1.29, 1.82) is 0 Å². The van der Waals surface area contributed by atoms with Crippen molar-refractivity contribution in [2.75, 3.05) is 19.6 Å². The molecule has 3 nitrogen and oxygen atoms in total. The van der Waals surface area contributed by atoms with E-state index in [0.29, 0.717) is 0 Å². The molecule has 2 aromatic carbocycles. The summed E-state index contributed by atoms with van der Waals surface area (Å²) in [6.07, 6.45) is 4.76. The van der Waals surface area contributed by atoms with Crippen LogP contribution in [0, 0.1) is 11.8 Å². The number of fused-ring (bicyclic) bond motifs is 1. The van der Waals surface area contributed by atoms with Gasteiger partial charge in [0.25, 0.3) is 0 Å². The molecule has 0 unspecified atom stereocenters. The highest BCUT2D eigenvalue weighted by Gasteiger charge is 2.25. The number of rotatable bonds is 6. The average Bonchev–Trinajstić information content (AvgIpc) is 3.07. The molecule has 0 radical (unpaired) electrons. The molecule has 3 heteroatoms. The number of piperidine rings is 1. The van der Waals surface area contributed by atoms with Gasteiger partial charge in [0, 0.05) is 13.0 Å². The minimum Gasteiger partial charge on any atom is -0.342 e. The summed E-state index contributed by atoms with van der Waals surface area (Å²) in [5.74, 6) is 2.72. The van der Waals surface area contributed by atoms with Gasteiger partial charge in [-0.05, 0) is 61.9 Å². The monoisotopic (exact) mass is 347 g/mol. The maximum Gasteiger partial charge on any atom is 0.107 e. The zero-order valence-corrected chi connectivity index (χ0v) is 15.7. The second-order valence-corrected chi connectivity index (χ2v) is 7.82. The Morgan fingerprint density at radius 3 is 2.69 bits per heavy atom. The lowest BCUT2D eigenvalue weighted by Crippen LogP contribution is -2.40. The van der Waals surface area contributed by atoms with Crippen LogP contribution in [0.4, 0.5) is 0 Å². The van der Waals surface area contributed by atoms with Crippen molar-refractivity contribution in [1.82, 2.24) is 14.9 Å². The van der Waals surface area contributed by atoms with Crippen molar-refractivity contribution in [2.24, 2.45) is 11.8 Å². The molecule has 1 saturated heterocycles. The second kappa shape index (κ2) is 8.05. The highest BCUT2D eigenvalue weighted by atomic mass is 15.1. The van der Waals surface area contributed by atoms with E-state index in [9.17, 15) is 0 Å². The van der Waals surface area contributed by atoms with Crippen LogP contribution in [0.15, 0.2) is 54.6 Å². The van der Waals surface area contributed by atoms with Crippen molar-refractivity contribution in [3.05, 3.63) is 66.0 Å². The maximum absolute atomic E-state index is 4.70. The number of aromatic amines is 1. The van der Waals surface area contributed by atoms with Gasteiger partial charge in [-0.1, -0.05) is 49.4 Å². The molecule has 1 aliphatic heterocycles. The van der Waals surface area contributed by atoms with Crippen LogP contribution >= 0.6 is 0 Å². The van der Waals surface area contributed by atoms with E-state index in [1.54, 1.807) is 0 Å². The first-order chi connectivity index (χ1) is 12.8. The van der Waals surface area contributed by atoms with Crippen molar-refractivity contribution in [2.45, 2.75) is 32.6 Å². The topological polar surface area (TPSA) is 31.9 Å². The molecular weight excluding hydrogens is 318 g/mol. The van der Waals surface area contributed by atoms with Crippen molar-refractivity contribution in [3.63, 3.8) is 0 Å². The molecule has 2 atom stereocenters. The number of H-pyrrole nitrogens is 1. The number of hydrogen-bond acceptors (Lipinski definition) is 2. The normalized spacial score (nSPS) is 21.3. The predicted molar refractivity (Wildman–Crippen MR) is 108 cm³/mol. The quantitative estimate of drug-likeness (QED) is 0.701. The van der Waals surface area contributed by atoms with Gasteiger partial charge in [-0.25, -0.2) is 4.98 Å². The van der Waals surface area contributed by atoms with E-state index < -0.39 is 0 Å². The highest BCUT2D eigenvalue weighted by molar-refractivity contribution is 5.74. The highest BCUT2D eigenvalue weighted by Crippen LogP contribution is 2.27. The molecule has 0 amide bonds. The Balaban J connectivity index is 1.24. The second-order valence-electron chi connectivity index (χ2n) is 7.82. The number of aromatic nitrogens is 2. The Kier molecular flexibility index (Phi) is 5.35. The Morgan fingerprint density at radius 2 is 1.88 bits per heavy atom. The fourth-order valence-corrected chi connectivity index (χ4v) is 4.30. The van der Waals surface area contributed by atoms with Gasteiger partial charge in [-0.3, -0.25) is 0 Å². The number of hydrogen-bond donors (Lipinski definition) is 1. The van der Waals surface area contributed by atoms with E-state index in [-0.39, 0.29) is 0 Å². The molecular formula is C23H29N3. The summed E-state index contributed by atoms with van der Waals surface area (Å²) in [6.45, 7) is 6.08. The van der Waals surface area contributed by atoms with E-state index in [1.165, 1.54) is 44.5 Å². The first-order valence-corrected chi connectivity index (χ1v) is 9.98. The Morgan fingerprint density at radius 1 is 1.08 bits per heavy atom. The largest absolute Gasteiger partial charge is 0.342 e. The number of benzene rings is 2. The van der Waals surface area contributed by atoms with Crippen LogP contribution in [0.3, 0.4) is 0 Å². The van der Waals surface area contributed by atoms with Gasteiger partial charge in [-0.15, -0.1) is 0 Å². The van der Waals surface area contributed by atoms with Crippen molar-refractivity contribution >= 4 is 11.0 Å². The van der Waals surface area contributed by atoms with Gasteiger partial charge in [0.15, 0.2) is 0 Å². The minimum absolute atomic E-state index is 0.773. The fourth-order valence-electron chi connectivity index (χ4n) is 4.30. The van der Waals surface area contributed by atoms with Crippen LogP contribution in [0.1, 0.15) is 31.2 Å².